The molecule has 0 aromatic carbocycles. The summed E-state index contributed by atoms with van der Waals surface area (Å²) in [5, 5.41) is 62.3. The van der Waals surface area contributed by atoms with Crippen LogP contribution in [0, 0.1) is 51.2 Å². The Morgan fingerprint density at radius 3 is 2.04 bits per heavy atom. The predicted molar refractivity (Wildman–Crippen MR) is 81.8 cm³/mol. The van der Waals surface area contributed by atoms with Crippen molar-refractivity contribution in [1.29, 1.82) is 21.2 Å². The van der Waals surface area contributed by atoms with Crippen LogP contribution in [0.3, 0.4) is 0 Å². The number of amidine groups is 3. The second-order valence-corrected chi connectivity index (χ2v) is 4.24. The van der Waals surface area contributed by atoms with Gasteiger partial charge in [-0.25, -0.2) is 0 Å². The highest BCUT2D eigenvalue weighted by molar-refractivity contribution is 6.03. The Hall–Kier alpha value is -3.56. The van der Waals surface area contributed by atoms with Crippen molar-refractivity contribution in [3.63, 3.8) is 0 Å². The van der Waals surface area contributed by atoms with Crippen LogP contribution in [0.25, 0.3) is 0 Å². The first-order chi connectivity index (χ1) is 11.4. The molecule has 0 saturated heterocycles. The normalized spacial score (nSPS) is 12.0. The second-order valence-electron chi connectivity index (χ2n) is 4.24. The van der Waals surface area contributed by atoms with Gasteiger partial charge in [-0.3, -0.25) is 16.1 Å². The third kappa shape index (κ3) is 10.2. The van der Waals surface area contributed by atoms with E-state index in [2.05, 4.69) is 10.3 Å². The fourth-order valence-corrected chi connectivity index (χ4v) is 1.32. The van der Waals surface area contributed by atoms with Gasteiger partial charge in [0.1, 0.15) is 17.6 Å². The van der Waals surface area contributed by atoms with Gasteiger partial charge in [0.2, 0.25) is 0 Å². The van der Waals surface area contributed by atoms with E-state index >= 15 is 0 Å². The van der Waals surface area contributed by atoms with Crippen LogP contribution >= 0.6 is 0 Å². The molecule has 0 spiro atoms. The molecule has 0 bridgehead atoms. The highest BCUT2D eigenvalue weighted by Gasteiger charge is 2.20. The number of oxime groups is 2. The molecule has 0 aromatic rings. The Balaban J connectivity index is 0. The summed E-state index contributed by atoms with van der Waals surface area (Å²) in [4.78, 5) is 0. The monoisotopic (exact) mass is 337 g/mol. The minimum Gasteiger partial charge on any atom is -0.409 e. The molecule has 0 aliphatic heterocycles. The first kappa shape index (κ1) is 22.7. The van der Waals surface area contributed by atoms with E-state index in [4.69, 9.17) is 48.3 Å². The Bertz CT molecular complexity index is 554. The van der Waals surface area contributed by atoms with Crippen LogP contribution in [-0.4, -0.2) is 33.1 Å². The zero-order chi connectivity index (χ0) is 19.0. The molecule has 0 fully saturated rings. The quantitative estimate of drug-likeness (QED) is 0.140. The van der Waals surface area contributed by atoms with Gasteiger partial charge in [0.25, 0.3) is 0 Å². The second kappa shape index (κ2) is 14.4. The summed E-state index contributed by atoms with van der Waals surface area (Å²) >= 11 is 0. The summed E-state index contributed by atoms with van der Waals surface area (Å²) < 4.78 is 0. The molecule has 9 N–H and O–H groups in total. The SMILES string of the molecule is N#CCCC(C#N)C#N.N=C(N)C(CCC(N)=NO)C(=NO)NO. The van der Waals surface area contributed by atoms with Crippen LogP contribution in [-0.2, 0) is 0 Å². The van der Waals surface area contributed by atoms with E-state index in [1.54, 1.807) is 17.6 Å². The van der Waals surface area contributed by atoms with Gasteiger partial charge < -0.3 is 21.9 Å². The maximum absolute atomic E-state index is 8.56. The molecular weight excluding hydrogens is 318 g/mol. The Morgan fingerprint density at radius 1 is 1.12 bits per heavy atom. The molecule has 0 heterocycles. The molecule has 0 radical (unpaired) electrons. The molecule has 130 valence electrons. The van der Waals surface area contributed by atoms with Gasteiger partial charge in [0.15, 0.2) is 5.84 Å². The molecule has 0 aliphatic carbocycles. The number of nitrogens with zero attached hydrogens (tertiary/aromatic N) is 5. The Kier molecular flexibility index (Phi) is 13.6. The van der Waals surface area contributed by atoms with E-state index in [1.165, 1.54) is 0 Å². The number of rotatable bonds is 7. The summed E-state index contributed by atoms with van der Waals surface area (Å²) in [7, 11) is 0. The third-order valence-electron chi connectivity index (χ3n) is 2.60. The lowest BCUT2D eigenvalue weighted by Crippen LogP contribution is -2.37. The lowest BCUT2D eigenvalue weighted by atomic mass is 10.0. The van der Waals surface area contributed by atoms with Crippen molar-refractivity contribution in [2.45, 2.75) is 25.7 Å². The van der Waals surface area contributed by atoms with E-state index < -0.39 is 11.8 Å². The Morgan fingerprint density at radius 2 is 1.71 bits per heavy atom. The van der Waals surface area contributed by atoms with Crippen LogP contribution in [0.5, 0.6) is 0 Å². The van der Waals surface area contributed by atoms with E-state index in [9.17, 15) is 0 Å². The number of nitrogens with two attached hydrogens (primary N) is 2. The van der Waals surface area contributed by atoms with Crippen LogP contribution < -0.4 is 16.9 Å². The van der Waals surface area contributed by atoms with Gasteiger partial charge in [0, 0.05) is 12.8 Å². The van der Waals surface area contributed by atoms with Crippen molar-refractivity contribution in [3.8, 4) is 18.2 Å². The average molecular weight is 337 g/mol. The third-order valence-corrected chi connectivity index (χ3v) is 2.60. The lowest BCUT2D eigenvalue weighted by molar-refractivity contribution is 0.216. The van der Waals surface area contributed by atoms with Gasteiger partial charge in [-0.05, 0) is 12.8 Å². The highest BCUT2D eigenvalue weighted by Crippen LogP contribution is 2.07. The maximum Gasteiger partial charge on any atom is 0.175 e. The van der Waals surface area contributed by atoms with Crippen molar-refractivity contribution >= 4 is 17.5 Å². The lowest BCUT2D eigenvalue weighted by Gasteiger charge is -2.14. The fraction of sp³-hybridized carbons (Fsp3) is 0.500. The fourth-order valence-electron chi connectivity index (χ4n) is 1.32. The van der Waals surface area contributed by atoms with Gasteiger partial charge in [-0.1, -0.05) is 10.3 Å². The molecule has 1 atom stereocenters. The van der Waals surface area contributed by atoms with Crippen molar-refractivity contribution < 1.29 is 15.6 Å². The average Bonchev–Trinajstić information content (AvgIpc) is 2.59. The molecule has 12 nitrogen and oxygen atoms in total. The minimum absolute atomic E-state index is 0.0449. The van der Waals surface area contributed by atoms with Gasteiger partial charge in [-0.15, -0.1) is 0 Å². The van der Waals surface area contributed by atoms with Gasteiger partial charge in [0.05, 0.1) is 24.1 Å². The summed E-state index contributed by atoms with van der Waals surface area (Å²) in [6, 6.07) is 5.41. The first-order valence-corrected chi connectivity index (χ1v) is 6.50. The van der Waals surface area contributed by atoms with E-state index in [-0.39, 0.29) is 36.8 Å². The molecule has 0 rings (SSSR count). The van der Waals surface area contributed by atoms with Gasteiger partial charge in [-0.2, -0.15) is 15.8 Å². The van der Waals surface area contributed by atoms with E-state index in [0.717, 1.165) is 0 Å². The molecular formula is C12H19N9O3. The molecule has 12 heteroatoms. The highest BCUT2D eigenvalue weighted by atomic mass is 16.5. The van der Waals surface area contributed by atoms with Crippen molar-refractivity contribution in [3.05, 3.63) is 0 Å². The summed E-state index contributed by atoms with van der Waals surface area (Å²) in [6.45, 7) is 0. The predicted octanol–water partition coefficient (Wildman–Crippen LogP) is -0.215. The maximum atomic E-state index is 8.56. The molecule has 0 aromatic heterocycles. The van der Waals surface area contributed by atoms with Crippen LogP contribution in [0.2, 0.25) is 0 Å². The number of hydroxylamine groups is 1. The number of hydrogen-bond acceptors (Lipinski definition) is 9. The van der Waals surface area contributed by atoms with Crippen molar-refractivity contribution in [2.75, 3.05) is 0 Å². The van der Waals surface area contributed by atoms with Crippen LogP contribution in [0.15, 0.2) is 10.3 Å². The molecule has 0 saturated carbocycles. The topological polar surface area (TPSA) is 245 Å². The Labute approximate surface area is 138 Å². The first-order valence-electron chi connectivity index (χ1n) is 6.50. The zero-order valence-electron chi connectivity index (χ0n) is 12.7. The summed E-state index contributed by atoms with van der Waals surface area (Å²) in [5.74, 6) is -2.05. The standard InChI is InChI=1S/C6H14N6O3.C6H5N3/c7-4(10-13)2-1-3(5(8)9)6(11-14)12-15;7-3-1-2-6(4-8)5-9/h3,13-15H,1-2H2,(H2,7,10)(H3,8,9)(H,11,12);6H,1-2H2. The van der Waals surface area contributed by atoms with E-state index in [1.807, 2.05) is 6.07 Å². The van der Waals surface area contributed by atoms with Gasteiger partial charge >= 0.3 is 0 Å². The number of hydrogen-bond donors (Lipinski definition) is 7. The van der Waals surface area contributed by atoms with Crippen LogP contribution in [0.4, 0.5) is 0 Å². The summed E-state index contributed by atoms with van der Waals surface area (Å²) in [6.07, 6.45) is 0.953. The minimum atomic E-state index is -0.819. The van der Waals surface area contributed by atoms with E-state index in [0.29, 0.717) is 6.42 Å². The summed E-state index contributed by atoms with van der Waals surface area (Å²) in [5.41, 5.74) is 12.0. The van der Waals surface area contributed by atoms with Crippen molar-refractivity contribution in [1.82, 2.24) is 5.48 Å². The van der Waals surface area contributed by atoms with Crippen LogP contribution in [0.1, 0.15) is 25.7 Å². The molecule has 0 aliphatic rings. The number of nitrogens with one attached hydrogen (secondary N) is 2. The zero-order valence-corrected chi connectivity index (χ0v) is 12.7. The molecule has 24 heavy (non-hydrogen) atoms. The largest absolute Gasteiger partial charge is 0.409 e. The molecule has 0 amide bonds. The smallest absolute Gasteiger partial charge is 0.175 e. The molecule has 1 unspecified atom stereocenters. The number of nitriles is 3. The van der Waals surface area contributed by atoms with Crippen molar-refractivity contribution in [2.24, 2.45) is 33.6 Å².